The maximum Gasteiger partial charge on any atom is 0.348 e. The second kappa shape index (κ2) is 10.4. The molecule has 1 atom stereocenters. The van der Waals surface area contributed by atoms with Gasteiger partial charge in [-0.1, -0.05) is 43.7 Å². The van der Waals surface area contributed by atoms with Gasteiger partial charge in [0, 0.05) is 24.7 Å². The van der Waals surface area contributed by atoms with Gasteiger partial charge >= 0.3 is 5.97 Å². The van der Waals surface area contributed by atoms with Crippen LogP contribution in [-0.4, -0.2) is 50.8 Å². The van der Waals surface area contributed by atoms with Crippen molar-refractivity contribution >= 4 is 28.2 Å². The number of thiophene rings is 1. The minimum Gasteiger partial charge on any atom is -0.451 e. The Kier molecular flexibility index (Phi) is 7.66. The summed E-state index contributed by atoms with van der Waals surface area (Å²) < 4.78 is 10.7. The molecule has 0 spiro atoms. The van der Waals surface area contributed by atoms with Gasteiger partial charge in [0.2, 0.25) is 0 Å². The Hall–Kier alpha value is -2.38. The fraction of sp³-hybridized carbons (Fsp3) is 0.455. The second-order valence-corrected chi connectivity index (χ2v) is 8.16. The fourth-order valence-electron chi connectivity index (χ4n) is 3.33. The van der Waals surface area contributed by atoms with Crippen molar-refractivity contribution < 1.29 is 19.1 Å². The summed E-state index contributed by atoms with van der Waals surface area (Å²) in [6.07, 6.45) is 1.89. The highest BCUT2D eigenvalue weighted by atomic mass is 32.1. The summed E-state index contributed by atoms with van der Waals surface area (Å²) in [5, 5.41) is 3.88. The lowest BCUT2D eigenvalue weighted by molar-refractivity contribution is -0.124. The van der Waals surface area contributed by atoms with Crippen LogP contribution in [0.1, 0.15) is 36.4 Å². The number of esters is 1. The van der Waals surface area contributed by atoms with Crippen molar-refractivity contribution in [3.8, 4) is 11.1 Å². The number of amides is 1. The number of carbonyl (C=O) groups excluding carboxylic acids is 2. The maximum absolute atomic E-state index is 12.6. The summed E-state index contributed by atoms with van der Waals surface area (Å²) in [5.41, 5.74) is 2.06. The Balaban J connectivity index is 1.72. The lowest BCUT2D eigenvalue weighted by Crippen LogP contribution is -2.36. The first kappa shape index (κ1) is 21.3. The van der Waals surface area contributed by atoms with Gasteiger partial charge in [-0.15, -0.1) is 11.3 Å². The number of benzene rings is 1. The Morgan fingerprint density at radius 2 is 1.97 bits per heavy atom. The number of nitrogens with zero attached hydrogens (tertiary/aromatic N) is 1. The number of hydrogen-bond donors (Lipinski definition) is 1. The van der Waals surface area contributed by atoms with Crippen LogP contribution in [0.2, 0.25) is 0 Å². The van der Waals surface area contributed by atoms with E-state index in [0.717, 1.165) is 42.1 Å². The molecule has 1 aromatic heterocycles. The Bertz CT molecular complexity index is 815. The molecule has 29 heavy (non-hydrogen) atoms. The zero-order valence-electron chi connectivity index (χ0n) is 17.0. The Morgan fingerprint density at radius 1 is 1.24 bits per heavy atom. The first-order valence-electron chi connectivity index (χ1n) is 10.1. The molecule has 0 aliphatic carbocycles. The summed E-state index contributed by atoms with van der Waals surface area (Å²) in [6, 6.07) is 11.9. The van der Waals surface area contributed by atoms with Gasteiger partial charge in [-0.25, -0.2) is 4.79 Å². The second-order valence-electron chi connectivity index (χ2n) is 7.13. The van der Waals surface area contributed by atoms with E-state index < -0.39 is 5.97 Å². The Morgan fingerprint density at radius 3 is 2.66 bits per heavy atom. The molecule has 1 amide bonds. The molecule has 1 N–H and O–H groups in total. The zero-order valence-corrected chi connectivity index (χ0v) is 17.8. The average Bonchev–Trinajstić information content (AvgIpc) is 3.19. The topological polar surface area (TPSA) is 67.9 Å². The number of morpholine rings is 1. The number of hydrogen-bond acceptors (Lipinski definition) is 6. The van der Waals surface area contributed by atoms with Crippen LogP contribution in [-0.2, 0) is 14.3 Å². The number of anilines is 1. The third kappa shape index (κ3) is 5.81. The Labute approximate surface area is 175 Å². The standard InChI is InChI=1S/C22H28N2O4S/c1-3-7-16(2)23-20(25)15-28-22(26)19-14-18(17-8-5-4-6-9-17)21(29-19)24-10-12-27-13-11-24/h4-6,8-9,14,16H,3,7,10-13,15H2,1-2H3,(H,23,25)/t16-/m0/s1. The van der Waals surface area contributed by atoms with Gasteiger partial charge in [-0.2, -0.15) is 0 Å². The molecule has 0 radical (unpaired) electrons. The fourth-order valence-corrected chi connectivity index (χ4v) is 4.46. The molecule has 7 heteroatoms. The number of rotatable bonds is 8. The molecule has 0 bridgehead atoms. The van der Waals surface area contributed by atoms with Gasteiger partial charge in [-0.05, 0) is 25.0 Å². The lowest BCUT2D eigenvalue weighted by atomic mass is 10.1. The summed E-state index contributed by atoms with van der Waals surface area (Å²) in [5.74, 6) is -0.738. The smallest absolute Gasteiger partial charge is 0.348 e. The van der Waals surface area contributed by atoms with Crippen molar-refractivity contribution in [1.29, 1.82) is 0 Å². The van der Waals surface area contributed by atoms with Gasteiger partial charge < -0.3 is 19.7 Å². The summed E-state index contributed by atoms with van der Waals surface area (Å²) in [4.78, 5) is 27.3. The maximum atomic E-state index is 12.6. The molecule has 156 valence electrons. The van der Waals surface area contributed by atoms with Gasteiger partial charge in [0.1, 0.15) is 4.88 Å². The van der Waals surface area contributed by atoms with Gasteiger partial charge in [-0.3, -0.25) is 4.79 Å². The van der Waals surface area contributed by atoms with E-state index in [0.29, 0.717) is 18.1 Å². The quantitative estimate of drug-likeness (QED) is 0.665. The van der Waals surface area contributed by atoms with E-state index >= 15 is 0 Å². The first-order valence-corrected chi connectivity index (χ1v) is 10.9. The van der Waals surface area contributed by atoms with Gasteiger partial charge in [0.15, 0.2) is 6.61 Å². The van der Waals surface area contributed by atoms with Crippen LogP contribution in [0.25, 0.3) is 11.1 Å². The molecular formula is C22H28N2O4S. The van der Waals surface area contributed by atoms with Crippen LogP contribution in [0.15, 0.2) is 36.4 Å². The van der Waals surface area contributed by atoms with Crippen LogP contribution in [0.4, 0.5) is 5.00 Å². The SMILES string of the molecule is CCC[C@H](C)NC(=O)COC(=O)c1cc(-c2ccccc2)c(N2CCOCC2)s1. The molecule has 0 saturated carbocycles. The molecule has 1 fully saturated rings. The van der Waals surface area contributed by atoms with Crippen molar-refractivity contribution in [2.45, 2.75) is 32.7 Å². The van der Waals surface area contributed by atoms with Gasteiger partial charge in [0.25, 0.3) is 5.91 Å². The molecule has 1 aliphatic rings. The molecular weight excluding hydrogens is 388 g/mol. The van der Waals surface area contributed by atoms with Crippen LogP contribution in [0.5, 0.6) is 0 Å². The van der Waals surface area contributed by atoms with Crippen LogP contribution in [0.3, 0.4) is 0 Å². The third-order valence-electron chi connectivity index (χ3n) is 4.76. The average molecular weight is 417 g/mol. The molecule has 2 aromatic rings. The normalized spacial score (nSPS) is 15.0. The summed E-state index contributed by atoms with van der Waals surface area (Å²) >= 11 is 1.41. The number of ether oxygens (including phenoxy) is 2. The molecule has 2 heterocycles. The third-order valence-corrected chi connectivity index (χ3v) is 5.94. The monoisotopic (exact) mass is 416 g/mol. The first-order chi connectivity index (χ1) is 14.1. The predicted molar refractivity (Wildman–Crippen MR) is 116 cm³/mol. The number of carbonyl (C=O) groups is 2. The van der Waals surface area contributed by atoms with Crippen LogP contribution >= 0.6 is 11.3 Å². The molecule has 3 rings (SSSR count). The zero-order chi connectivity index (χ0) is 20.6. The molecule has 6 nitrogen and oxygen atoms in total. The minimum atomic E-state index is -0.468. The summed E-state index contributed by atoms with van der Waals surface area (Å²) in [7, 11) is 0. The van der Waals surface area contributed by atoms with Crippen molar-refractivity contribution in [2.75, 3.05) is 37.8 Å². The van der Waals surface area contributed by atoms with E-state index in [9.17, 15) is 9.59 Å². The number of nitrogens with one attached hydrogen (secondary N) is 1. The lowest BCUT2D eigenvalue weighted by Gasteiger charge is -2.28. The highest BCUT2D eigenvalue weighted by molar-refractivity contribution is 7.18. The van der Waals surface area contributed by atoms with Crippen LogP contribution in [0, 0.1) is 0 Å². The van der Waals surface area contributed by atoms with E-state index in [1.165, 1.54) is 11.3 Å². The van der Waals surface area contributed by atoms with E-state index in [2.05, 4.69) is 17.1 Å². The highest BCUT2D eigenvalue weighted by Gasteiger charge is 2.23. The highest BCUT2D eigenvalue weighted by Crippen LogP contribution is 2.39. The summed E-state index contributed by atoms with van der Waals surface area (Å²) in [6.45, 7) is 6.65. The molecule has 0 unspecified atom stereocenters. The van der Waals surface area contributed by atoms with E-state index in [1.54, 1.807) is 0 Å². The minimum absolute atomic E-state index is 0.0746. The van der Waals surface area contributed by atoms with Crippen molar-refractivity contribution in [3.05, 3.63) is 41.3 Å². The van der Waals surface area contributed by atoms with Crippen molar-refractivity contribution in [2.24, 2.45) is 0 Å². The van der Waals surface area contributed by atoms with E-state index in [-0.39, 0.29) is 18.6 Å². The predicted octanol–water partition coefficient (Wildman–Crippen LogP) is 3.71. The molecule has 1 saturated heterocycles. The van der Waals surface area contributed by atoms with Crippen molar-refractivity contribution in [1.82, 2.24) is 5.32 Å². The van der Waals surface area contributed by atoms with Crippen molar-refractivity contribution in [3.63, 3.8) is 0 Å². The van der Waals surface area contributed by atoms with Crippen LogP contribution < -0.4 is 10.2 Å². The largest absolute Gasteiger partial charge is 0.451 e. The molecule has 1 aromatic carbocycles. The molecule has 1 aliphatic heterocycles. The van der Waals surface area contributed by atoms with E-state index in [1.807, 2.05) is 43.3 Å². The van der Waals surface area contributed by atoms with E-state index in [4.69, 9.17) is 9.47 Å². The van der Waals surface area contributed by atoms with Gasteiger partial charge in [0.05, 0.1) is 18.2 Å².